The third-order valence-electron chi connectivity index (χ3n) is 3.44. The van der Waals surface area contributed by atoms with Gasteiger partial charge in [-0.2, -0.15) is 0 Å². The highest BCUT2D eigenvalue weighted by Gasteiger charge is 2.05. The fraction of sp³-hybridized carbons (Fsp3) is 0.278. The number of carbonyl (C=O) groups is 1. The van der Waals surface area contributed by atoms with Crippen LogP contribution in [-0.4, -0.2) is 25.8 Å². The van der Waals surface area contributed by atoms with E-state index >= 15 is 0 Å². The second kappa shape index (κ2) is 8.41. The molecule has 0 unspecified atom stereocenters. The van der Waals surface area contributed by atoms with Crippen molar-refractivity contribution in [3.63, 3.8) is 0 Å². The van der Waals surface area contributed by atoms with Crippen LogP contribution in [0.5, 0.6) is 0 Å². The van der Waals surface area contributed by atoms with E-state index in [0.29, 0.717) is 12.3 Å². The lowest BCUT2D eigenvalue weighted by molar-refractivity contribution is -0.118. The second-order valence-electron chi connectivity index (χ2n) is 5.54. The average Bonchev–Trinajstić information content (AvgIpc) is 2.52. The number of carbonyl (C=O) groups excluding carboxylic acids is 1. The van der Waals surface area contributed by atoms with E-state index in [4.69, 9.17) is 0 Å². The molecule has 1 N–H and O–H groups in total. The summed E-state index contributed by atoms with van der Waals surface area (Å²) in [5.74, 6) is 0.479. The average molecular weight is 393 g/mol. The van der Waals surface area contributed by atoms with Gasteiger partial charge in [0.05, 0.1) is 5.75 Å². The summed E-state index contributed by atoms with van der Waals surface area (Å²) in [7, 11) is 4.02. The summed E-state index contributed by atoms with van der Waals surface area (Å²) in [6, 6.07) is 14.3. The van der Waals surface area contributed by atoms with E-state index in [9.17, 15) is 4.79 Å². The Bertz CT molecular complexity index is 671. The Morgan fingerprint density at radius 2 is 1.87 bits per heavy atom. The van der Waals surface area contributed by atoms with Crippen molar-refractivity contribution in [2.24, 2.45) is 0 Å². The van der Waals surface area contributed by atoms with Gasteiger partial charge >= 0.3 is 0 Å². The second-order valence-corrected chi connectivity index (χ2v) is 7.47. The Kier molecular flexibility index (Phi) is 6.54. The van der Waals surface area contributed by atoms with Gasteiger partial charge in [-0.1, -0.05) is 28.1 Å². The van der Waals surface area contributed by atoms with Gasteiger partial charge in [-0.15, -0.1) is 11.8 Å². The smallest absolute Gasteiger partial charge is 0.230 e. The van der Waals surface area contributed by atoms with E-state index in [2.05, 4.69) is 51.3 Å². The molecule has 0 saturated heterocycles. The van der Waals surface area contributed by atoms with E-state index in [-0.39, 0.29) is 5.91 Å². The number of hydrogen-bond donors (Lipinski definition) is 1. The molecule has 2 aromatic carbocycles. The zero-order chi connectivity index (χ0) is 16.8. The molecule has 0 spiro atoms. The lowest BCUT2D eigenvalue weighted by Crippen LogP contribution is -2.24. The molecule has 3 nitrogen and oxygen atoms in total. The first kappa shape index (κ1) is 17.9. The molecule has 2 rings (SSSR count). The molecule has 0 fully saturated rings. The SMILES string of the molecule is Cc1cc(Br)ccc1SCC(=O)NCc1ccc(N(C)C)cc1. The van der Waals surface area contributed by atoms with Crippen molar-refractivity contribution in [3.05, 3.63) is 58.1 Å². The maximum atomic E-state index is 12.0. The minimum absolute atomic E-state index is 0.0500. The largest absolute Gasteiger partial charge is 0.378 e. The van der Waals surface area contributed by atoms with Crippen molar-refractivity contribution in [3.8, 4) is 0 Å². The van der Waals surface area contributed by atoms with Crippen molar-refractivity contribution >= 4 is 39.3 Å². The monoisotopic (exact) mass is 392 g/mol. The molecule has 0 atom stereocenters. The van der Waals surface area contributed by atoms with Gasteiger partial charge < -0.3 is 10.2 Å². The zero-order valence-electron chi connectivity index (χ0n) is 13.6. The predicted molar refractivity (Wildman–Crippen MR) is 102 cm³/mol. The Morgan fingerprint density at radius 3 is 2.48 bits per heavy atom. The summed E-state index contributed by atoms with van der Waals surface area (Å²) in [6.07, 6.45) is 0. The molecule has 0 bridgehead atoms. The lowest BCUT2D eigenvalue weighted by atomic mass is 10.2. The molecule has 0 radical (unpaired) electrons. The number of hydrogen-bond acceptors (Lipinski definition) is 3. The number of benzene rings is 2. The maximum Gasteiger partial charge on any atom is 0.230 e. The first-order valence-corrected chi connectivity index (χ1v) is 9.15. The molecule has 23 heavy (non-hydrogen) atoms. The normalized spacial score (nSPS) is 10.4. The van der Waals surface area contributed by atoms with Crippen molar-refractivity contribution in [1.29, 1.82) is 0 Å². The van der Waals surface area contributed by atoms with Crippen molar-refractivity contribution < 1.29 is 4.79 Å². The van der Waals surface area contributed by atoms with Gasteiger partial charge in [0.1, 0.15) is 0 Å². The van der Waals surface area contributed by atoms with E-state index in [1.54, 1.807) is 11.8 Å². The van der Waals surface area contributed by atoms with Crippen LogP contribution < -0.4 is 10.2 Å². The Balaban J connectivity index is 1.80. The minimum atomic E-state index is 0.0500. The maximum absolute atomic E-state index is 12.0. The number of aryl methyl sites for hydroxylation is 1. The zero-order valence-corrected chi connectivity index (χ0v) is 16.0. The number of rotatable bonds is 6. The molecular formula is C18H21BrN2OS. The van der Waals surface area contributed by atoms with Gasteiger partial charge in [0.2, 0.25) is 5.91 Å². The number of thioether (sulfide) groups is 1. The van der Waals surface area contributed by atoms with E-state index < -0.39 is 0 Å². The number of halogens is 1. The molecule has 5 heteroatoms. The Labute approximate surface area is 150 Å². The highest BCUT2D eigenvalue weighted by Crippen LogP contribution is 2.25. The number of amides is 1. The lowest BCUT2D eigenvalue weighted by Gasteiger charge is -2.13. The molecule has 0 saturated carbocycles. The topological polar surface area (TPSA) is 32.3 Å². The quantitative estimate of drug-likeness (QED) is 0.746. The third kappa shape index (κ3) is 5.59. The summed E-state index contributed by atoms with van der Waals surface area (Å²) in [4.78, 5) is 15.2. The fourth-order valence-electron chi connectivity index (χ4n) is 2.08. The van der Waals surface area contributed by atoms with Gasteiger partial charge in [-0.3, -0.25) is 4.79 Å². The van der Waals surface area contributed by atoms with Gasteiger partial charge in [0.25, 0.3) is 0 Å². The summed E-state index contributed by atoms with van der Waals surface area (Å²) >= 11 is 5.02. The third-order valence-corrected chi connectivity index (χ3v) is 5.11. The van der Waals surface area contributed by atoms with Gasteiger partial charge in [-0.05, 0) is 48.4 Å². The predicted octanol–water partition coefficient (Wildman–Crippen LogP) is 4.23. The first-order chi connectivity index (χ1) is 11.0. The highest BCUT2D eigenvalue weighted by molar-refractivity contribution is 9.10. The van der Waals surface area contributed by atoms with Crippen molar-refractivity contribution in [2.45, 2.75) is 18.4 Å². The van der Waals surface area contributed by atoms with Crippen LogP contribution in [0.2, 0.25) is 0 Å². The van der Waals surface area contributed by atoms with E-state index in [1.165, 1.54) is 5.56 Å². The summed E-state index contributed by atoms with van der Waals surface area (Å²) in [6.45, 7) is 2.61. The van der Waals surface area contributed by atoms with Crippen LogP contribution in [0.4, 0.5) is 5.69 Å². The number of anilines is 1. The van der Waals surface area contributed by atoms with Crippen LogP contribution in [0, 0.1) is 6.92 Å². The van der Waals surface area contributed by atoms with Crippen LogP contribution in [0.1, 0.15) is 11.1 Å². The van der Waals surface area contributed by atoms with E-state index in [1.807, 2.05) is 38.4 Å². The summed E-state index contributed by atoms with van der Waals surface area (Å²) < 4.78 is 1.06. The summed E-state index contributed by atoms with van der Waals surface area (Å²) in [5, 5.41) is 2.97. The van der Waals surface area contributed by atoms with Crippen LogP contribution in [0.3, 0.4) is 0 Å². The molecular weight excluding hydrogens is 372 g/mol. The van der Waals surface area contributed by atoms with Crippen LogP contribution in [0.15, 0.2) is 51.8 Å². The van der Waals surface area contributed by atoms with Crippen molar-refractivity contribution in [2.75, 3.05) is 24.7 Å². The van der Waals surface area contributed by atoms with Gasteiger partial charge in [0.15, 0.2) is 0 Å². The fourth-order valence-corrected chi connectivity index (χ4v) is 3.40. The molecule has 2 aromatic rings. The molecule has 0 aromatic heterocycles. The number of nitrogens with zero attached hydrogens (tertiary/aromatic N) is 1. The van der Waals surface area contributed by atoms with Crippen molar-refractivity contribution in [1.82, 2.24) is 5.32 Å². The molecule has 122 valence electrons. The molecule has 0 aliphatic carbocycles. The Morgan fingerprint density at radius 1 is 1.17 bits per heavy atom. The highest BCUT2D eigenvalue weighted by atomic mass is 79.9. The van der Waals surface area contributed by atoms with Crippen LogP contribution >= 0.6 is 27.7 Å². The van der Waals surface area contributed by atoms with Gasteiger partial charge in [0, 0.05) is 35.7 Å². The molecule has 0 aliphatic rings. The van der Waals surface area contributed by atoms with Gasteiger partial charge in [-0.25, -0.2) is 0 Å². The minimum Gasteiger partial charge on any atom is -0.378 e. The molecule has 0 aliphatic heterocycles. The Hall–Kier alpha value is -1.46. The molecule has 1 amide bonds. The first-order valence-electron chi connectivity index (χ1n) is 7.37. The summed E-state index contributed by atoms with van der Waals surface area (Å²) in [5.41, 5.74) is 3.44. The van der Waals surface area contributed by atoms with E-state index in [0.717, 1.165) is 20.6 Å². The molecule has 0 heterocycles. The number of nitrogens with one attached hydrogen (secondary N) is 1. The van der Waals surface area contributed by atoms with Crippen LogP contribution in [0.25, 0.3) is 0 Å². The van der Waals surface area contributed by atoms with Crippen LogP contribution in [-0.2, 0) is 11.3 Å². The standard InChI is InChI=1S/C18H21BrN2OS/c1-13-10-15(19)6-9-17(13)23-12-18(22)20-11-14-4-7-16(8-5-14)21(2)3/h4-10H,11-12H2,1-3H3,(H,20,22).